The predicted molar refractivity (Wildman–Crippen MR) is 52.2 cm³/mol. The zero-order valence-corrected chi connectivity index (χ0v) is 8.73. The molecule has 0 amide bonds. The van der Waals surface area contributed by atoms with Crippen LogP contribution in [0.4, 0.5) is 0 Å². The van der Waals surface area contributed by atoms with Gasteiger partial charge in [0.05, 0.1) is 13.2 Å². The highest BCUT2D eigenvalue weighted by Crippen LogP contribution is 2.38. The third-order valence-corrected chi connectivity index (χ3v) is 3.13. The molecule has 0 N–H and O–H groups in total. The van der Waals surface area contributed by atoms with Crippen LogP contribution in [0, 0.1) is 11.3 Å². The van der Waals surface area contributed by atoms with E-state index in [1.165, 1.54) is 25.7 Å². The molecule has 1 saturated heterocycles. The molecule has 0 spiro atoms. The molecular formula is C11H22O. The van der Waals surface area contributed by atoms with E-state index in [0.717, 1.165) is 19.1 Å². The molecule has 0 aliphatic carbocycles. The minimum Gasteiger partial charge on any atom is -0.380 e. The van der Waals surface area contributed by atoms with Gasteiger partial charge >= 0.3 is 0 Å². The van der Waals surface area contributed by atoms with Crippen LogP contribution in [0.15, 0.2) is 0 Å². The van der Waals surface area contributed by atoms with Gasteiger partial charge in [0.2, 0.25) is 0 Å². The van der Waals surface area contributed by atoms with Crippen molar-refractivity contribution in [3.63, 3.8) is 0 Å². The molecule has 1 aliphatic rings. The summed E-state index contributed by atoms with van der Waals surface area (Å²) in [5.41, 5.74) is 0.564. The maximum Gasteiger partial charge on any atom is 0.0544 e. The molecule has 0 saturated carbocycles. The Balaban J connectivity index is 2.27. The molecule has 0 radical (unpaired) electrons. The summed E-state index contributed by atoms with van der Waals surface area (Å²) in [6, 6.07) is 0. The number of rotatable bonds is 5. The summed E-state index contributed by atoms with van der Waals surface area (Å²) in [7, 11) is 0. The van der Waals surface area contributed by atoms with Gasteiger partial charge in [0.25, 0.3) is 0 Å². The van der Waals surface area contributed by atoms with Crippen molar-refractivity contribution in [1.29, 1.82) is 0 Å². The fourth-order valence-electron chi connectivity index (χ4n) is 2.19. The minimum absolute atomic E-state index is 0.564. The van der Waals surface area contributed by atoms with E-state index >= 15 is 0 Å². The van der Waals surface area contributed by atoms with Crippen LogP contribution in [0.1, 0.15) is 46.5 Å². The zero-order valence-electron chi connectivity index (χ0n) is 8.73. The normalized spacial score (nSPS) is 23.2. The topological polar surface area (TPSA) is 9.23 Å². The molecule has 1 aliphatic heterocycles. The third-order valence-electron chi connectivity index (χ3n) is 3.13. The molecule has 1 heteroatoms. The lowest BCUT2D eigenvalue weighted by Gasteiger charge is -2.42. The molecule has 1 unspecified atom stereocenters. The summed E-state index contributed by atoms with van der Waals surface area (Å²) in [6.45, 7) is 8.96. The summed E-state index contributed by atoms with van der Waals surface area (Å²) in [6.07, 6.45) is 5.36. The first kappa shape index (κ1) is 10.0. The first-order chi connectivity index (χ1) is 5.72. The van der Waals surface area contributed by atoms with Gasteiger partial charge in [0.15, 0.2) is 0 Å². The molecule has 1 rings (SSSR count). The second-order valence-corrected chi connectivity index (χ2v) is 4.44. The smallest absolute Gasteiger partial charge is 0.0544 e. The van der Waals surface area contributed by atoms with Gasteiger partial charge in [-0.05, 0) is 18.8 Å². The lowest BCUT2D eigenvalue weighted by atomic mass is 9.75. The molecule has 12 heavy (non-hydrogen) atoms. The average molecular weight is 170 g/mol. The molecule has 72 valence electrons. The van der Waals surface area contributed by atoms with Crippen LogP contribution in [0.25, 0.3) is 0 Å². The molecule has 0 aromatic heterocycles. The van der Waals surface area contributed by atoms with Crippen molar-refractivity contribution < 1.29 is 4.74 Å². The molecule has 0 aromatic rings. The van der Waals surface area contributed by atoms with E-state index in [1.54, 1.807) is 0 Å². The molecular weight excluding hydrogens is 148 g/mol. The molecule has 1 atom stereocenters. The standard InChI is InChI=1S/C11H22O/c1-4-6-10(3)7-11(5-2)8-12-9-11/h10H,4-9H2,1-3H3. The first-order valence-electron chi connectivity index (χ1n) is 5.30. The number of hydrogen-bond acceptors (Lipinski definition) is 1. The van der Waals surface area contributed by atoms with Crippen molar-refractivity contribution in [1.82, 2.24) is 0 Å². The molecule has 0 aromatic carbocycles. The van der Waals surface area contributed by atoms with E-state index in [1.807, 2.05) is 0 Å². The minimum atomic E-state index is 0.564. The van der Waals surface area contributed by atoms with Crippen LogP contribution in [0.2, 0.25) is 0 Å². The van der Waals surface area contributed by atoms with Crippen molar-refractivity contribution >= 4 is 0 Å². The highest BCUT2D eigenvalue weighted by atomic mass is 16.5. The van der Waals surface area contributed by atoms with E-state index in [9.17, 15) is 0 Å². The number of hydrogen-bond donors (Lipinski definition) is 0. The van der Waals surface area contributed by atoms with Gasteiger partial charge in [0, 0.05) is 5.41 Å². The third kappa shape index (κ3) is 2.22. The average Bonchev–Trinajstić information content (AvgIpc) is 1.97. The second-order valence-electron chi connectivity index (χ2n) is 4.44. The highest BCUT2D eigenvalue weighted by molar-refractivity contribution is 4.85. The van der Waals surface area contributed by atoms with E-state index in [2.05, 4.69) is 20.8 Å². The van der Waals surface area contributed by atoms with Crippen LogP contribution in [-0.2, 0) is 4.74 Å². The van der Waals surface area contributed by atoms with Gasteiger partial charge in [0.1, 0.15) is 0 Å². The van der Waals surface area contributed by atoms with E-state index < -0.39 is 0 Å². The van der Waals surface area contributed by atoms with Crippen LogP contribution < -0.4 is 0 Å². The van der Waals surface area contributed by atoms with Gasteiger partial charge in [-0.2, -0.15) is 0 Å². The molecule has 1 heterocycles. The Morgan fingerprint density at radius 2 is 2.00 bits per heavy atom. The fourth-order valence-corrected chi connectivity index (χ4v) is 2.19. The van der Waals surface area contributed by atoms with Crippen LogP contribution in [0.3, 0.4) is 0 Å². The Hall–Kier alpha value is -0.0400. The Morgan fingerprint density at radius 1 is 1.33 bits per heavy atom. The lowest BCUT2D eigenvalue weighted by Crippen LogP contribution is -2.43. The van der Waals surface area contributed by atoms with Gasteiger partial charge in [-0.1, -0.05) is 33.6 Å². The van der Waals surface area contributed by atoms with Crippen molar-refractivity contribution in [3.8, 4) is 0 Å². The van der Waals surface area contributed by atoms with E-state index in [4.69, 9.17) is 4.74 Å². The summed E-state index contributed by atoms with van der Waals surface area (Å²) >= 11 is 0. The Kier molecular flexibility index (Phi) is 3.57. The second kappa shape index (κ2) is 4.27. The summed E-state index contributed by atoms with van der Waals surface area (Å²) in [4.78, 5) is 0. The SMILES string of the molecule is CCCC(C)CC1(CC)COC1. The quantitative estimate of drug-likeness (QED) is 0.615. The van der Waals surface area contributed by atoms with Crippen LogP contribution in [-0.4, -0.2) is 13.2 Å². The van der Waals surface area contributed by atoms with Crippen LogP contribution >= 0.6 is 0 Å². The summed E-state index contributed by atoms with van der Waals surface area (Å²) in [5, 5.41) is 0. The Morgan fingerprint density at radius 3 is 2.33 bits per heavy atom. The monoisotopic (exact) mass is 170 g/mol. The van der Waals surface area contributed by atoms with E-state index in [-0.39, 0.29) is 0 Å². The van der Waals surface area contributed by atoms with Crippen LogP contribution in [0.5, 0.6) is 0 Å². The van der Waals surface area contributed by atoms with E-state index in [0.29, 0.717) is 5.41 Å². The summed E-state index contributed by atoms with van der Waals surface area (Å²) < 4.78 is 5.31. The highest BCUT2D eigenvalue weighted by Gasteiger charge is 2.37. The molecule has 1 fully saturated rings. The Bertz CT molecular complexity index is 121. The summed E-state index contributed by atoms with van der Waals surface area (Å²) in [5.74, 6) is 0.888. The lowest BCUT2D eigenvalue weighted by molar-refractivity contribution is -0.126. The van der Waals surface area contributed by atoms with Gasteiger partial charge in [-0.3, -0.25) is 0 Å². The van der Waals surface area contributed by atoms with Gasteiger partial charge in [-0.25, -0.2) is 0 Å². The predicted octanol–water partition coefficient (Wildman–Crippen LogP) is 3.24. The Labute approximate surface area is 76.5 Å². The van der Waals surface area contributed by atoms with Crippen molar-refractivity contribution in [3.05, 3.63) is 0 Å². The fraction of sp³-hybridized carbons (Fsp3) is 1.00. The van der Waals surface area contributed by atoms with Crippen molar-refractivity contribution in [2.45, 2.75) is 46.5 Å². The van der Waals surface area contributed by atoms with Gasteiger partial charge < -0.3 is 4.74 Å². The molecule has 1 nitrogen and oxygen atoms in total. The largest absolute Gasteiger partial charge is 0.380 e. The maximum atomic E-state index is 5.31. The molecule has 0 bridgehead atoms. The number of ether oxygens (including phenoxy) is 1. The zero-order chi connectivity index (χ0) is 9.03. The van der Waals surface area contributed by atoms with Gasteiger partial charge in [-0.15, -0.1) is 0 Å². The van der Waals surface area contributed by atoms with Crippen molar-refractivity contribution in [2.24, 2.45) is 11.3 Å². The first-order valence-corrected chi connectivity index (χ1v) is 5.30. The maximum absolute atomic E-state index is 5.31. The van der Waals surface area contributed by atoms with Crippen molar-refractivity contribution in [2.75, 3.05) is 13.2 Å².